The summed E-state index contributed by atoms with van der Waals surface area (Å²) in [6.45, 7) is 0.642. The Morgan fingerprint density at radius 1 is 1.00 bits per heavy atom. The van der Waals surface area contributed by atoms with E-state index in [2.05, 4.69) is 10.6 Å². The van der Waals surface area contributed by atoms with E-state index in [0.717, 1.165) is 0 Å². The maximum atomic E-state index is 13.5. The van der Waals surface area contributed by atoms with Crippen LogP contribution in [-0.2, 0) is 6.54 Å². The number of hydrogen-bond acceptors (Lipinski definition) is 4. The van der Waals surface area contributed by atoms with Gasteiger partial charge in [0.15, 0.2) is 11.5 Å². The second kappa shape index (κ2) is 9.36. The van der Waals surface area contributed by atoms with Crippen LogP contribution in [0.15, 0.2) is 42.5 Å². The minimum absolute atomic E-state index is 0.114. The van der Waals surface area contributed by atoms with Gasteiger partial charge in [-0.05, 0) is 18.2 Å². The lowest BCUT2D eigenvalue weighted by atomic mass is 10.2. The Hall–Kier alpha value is -2.96. The average molecular weight is 348 g/mol. The van der Waals surface area contributed by atoms with Crippen LogP contribution in [-0.4, -0.2) is 33.4 Å². The number of hydrogen-bond donors (Lipinski definition) is 2. The van der Waals surface area contributed by atoms with Gasteiger partial charge in [-0.15, -0.1) is 0 Å². The fraction of sp³-hybridized carbons (Fsp3) is 0.278. The average Bonchev–Trinajstić information content (AvgIpc) is 2.64. The van der Waals surface area contributed by atoms with Crippen LogP contribution in [0.4, 0.5) is 9.18 Å². The lowest BCUT2D eigenvalue weighted by molar-refractivity contribution is 0.234. The molecule has 0 radical (unpaired) electrons. The smallest absolute Gasteiger partial charge is 0.315 e. The molecule has 0 saturated heterocycles. The monoisotopic (exact) mass is 348 g/mol. The van der Waals surface area contributed by atoms with E-state index in [-0.39, 0.29) is 25.5 Å². The van der Waals surface area contributed by atoms with Gasteiger partial charge < -0.3 is 24.8 Å². The lowest BCUT2D eigenvalue weighted by Gasteiger charge is -2.14. The largest absolute Gasteiger partial charge is 0.493 e. The standard InChI is InChI=1S/C18H21FN2O4/c1-23-15-8-5-9-16(17(15)24-2)25-11-10-20-18(22)21-12-13-6-3-4-7-14(13)19/h3-9H,10-12H2,1-2H3,(H2,20,21,22). The van der Waals surface area contributed by atoms with Gasteiger partial charge in [0.05, 0.1) is 20.8 Å². The number of ether oxygens (including phenoxy) is 3. The van der Waals surface area contributed by atoms with Crippen LogP contribution in [0, 0.1) is 5.82 Å². The van der Waals surface area contributed by atoms with E-state index in [1.54, 1.807) is 43.5 Å². The number of urea groups is 1. The van der Waals surface area contributed by atoms with Crippen molar-refractivity contribution >= 4 is 6.03 Å². The van der Waals surface area contributed by atoms with Crippen molar-refractivity contribution in [2.45, 2.75) is 6.54 Å². The van der Waals surface area contributed by atoms with E-state index in [9.17, 15) is 9.18 Å². The number of para-hydroxylation sites is 1. The summed E-state index contributed by atoms with van der Waals surface area (Å²) in [5.74, 6) is 1.23. The molecule has 0 aliphatic rings. The Bertz CT molecular complexity index is 709. The van der Waals surface area contributed by atoms with Gasteiger partial charge in [0, 0.05) is 12.1 Å². The molecular weight excluding hydrogens is 327 g/mol. The minimum atomic E-state index is -0.399. The SMILES string of the molecule is COc1cccc(OCCNC(=O)NCc2ccccc2F)c1OC. The van der Waals surface area contributed by atoms with Crippen molar-refractivity contribution in [2.75, 3.05) is 27.4 Å². The zero-order valence-corrected chi connectivity index (χ0v) is 14.2. The van der Waals surface area contributed by atoms with Crippen molar-refractivity contribution in [3.8, 4) is 17.2 Å². The molecule has 0 bridgehead atoms. The first kappa shape index (κ1) is 18.4. The molecule has 0 fully saturated rings. The summed E-state index contributed by atoms with van der Waals surface area (Å²) in [4.78, 5) is 11.7. The third-order valence-corrected chi connectivity index (χ3v) is 3.41. The molecule has 2 rings (SSSR count). The Morgan fingerprint density at radius 2 is 1.76 bits per heavy atom. The molecule has 0 aromatic heterocycles. The van der Waals surface area contributed by atoms with Gasteiger partial charge in [0.2, 0.25) is 5.75 Å². The van der Waals surface area contributed by atoms with E-state index >= 15 is 0 Å². The summed E-state index contributed by atoms with van der Waals surface area (Å²) in [7, 11) is 3.07. The van der Waals surface area contributed by atoms with Crippen molar-refractivity contribution in [1.82, 2.24) is 10.6 Å². The molecule has 2 N–H and O–H groups in total. The summed E-state index contributed by atoms with van der Waals surface area (Å²) in [5.41, 5.74) is 0.426. The fourth-order valence-electron chi connectivity index (χ4n) is 2.18. The third-order valence-electron chi connectivity index (χ3n) is 3.41. The van der Waals surface area contributed by atoms with E-state index in [1.807, 2.05) is 0 Å². The molecule has 0 unspecified atom stereocenters. The van der Waals surface area contributed by atoms with Crippen LogP contribution in [0.25, 0.3) is 0 Å². The van der Waals surface area contributed by atoms with E-state index in [0.29, 0.717) is 22.8 Å². The van der Waals surface area contributed by atoms with Crippen molar-refractivity contribution < 1.29 is 23.4 Å². The number of halogens is 1. The topological polar surface area (TPSA) is 68.8 Å². The predicted octanol–water partition coefficient (Wildman–Crippen LogP) is 2.72. The summed E-state index contributed by atoms with van der Waals surface area (Å²) < 4.78 is 29.5. The van der Waals surface area contributed by atoms with Crippen molar-refractivity contribution in [3.63, 3.8) is 0 Å². The molecule has 6 nitrogen and oxygen atoms in total. The number of carbonyl (C=O) groups is 1. The fourth-order valence-corrected chi connectivity index (χ4v) is 2.18. The second-order valence-electron chi connectivity index (χ2n) is 5.04. The summed E-state index contributed by atoms with van der Waals surface area (Å²) in [6.07, 6.45) is 0. The highest BCUT2D eigenvalue weighted by molar-refractivity contribution is 5.73. The van der Waals surface area contributed by atoms with Gasteiger partial charge in [0.1, 0.15) is 12.4 Å². The first-order valence-corrected chi connectivity index (χ1v) is 7.74. The lowest BCUT2D eigenvalue weighted by Crippen LogP contribution is -2.37. The first-order chi connectivity index (χ1) is 12.2. The predicted molar refractivity (Wildman–Crippen MR) is 91.7 cm³/mol. The Kier molecular flexibility index (Phi) is 6.88. The summed E-state index contributed by atoms with van der Waals surface area (Å²) in [6, 6.07) is 11.2. The summed E-state index contributed by atoms with van der Waals surface area (Å²) in [5, 5.41) is 5.23. The van der Waals surface area contributed by atoms with E-state index in [4.69, 9.17) is 14.2 Å². The van der Waals surface area contributed by atoms with Crippen LogP contribution in [0.3, 0.4) is 0 Å². The van der Waals surface area contributed by atoms with Gasteiger partial charge >= 0.3 is 6.03 Å². The third kappa shape index (κ3) is 5.27. The van der Waals surface area contributed by atoms with Gasteiger partial charge in [-0.3, -0.25) is 0 Å². The number of methoxy groups -OCH3 is 2. The molecule has 0 spiro atoms. The van der Waals surface area contributed by atoms with Gasteiger partial charge in [0.25, 0.3) is 0 Å². The highest BCUT2D eigenvalue weighted by Crippen LogP contribution is 2.36. The zero-order valence-electron chi connectivity index (χ0n) is 14.2. The molecule has 0 aliphatic carbocycles. The maximum Gasteiger partial charge on any atom is 0.315 e. The normalized spacial score (nSPS) is 10.0. The molecule has 0 saturated carbocycles. The molecule has 2 aromatic carbocycles. The molecule has 2 aromatic rings. The van der Waals surface area contributed by atoms with Crippen molar-refractivity contribution in [2.24, 2.45) is 0 Å². The zero-order chi connectivity index (χ0) is 18.1. The molecule has 7 heteroatoms. The molecule has 134 valence electrons. The van der Waals surface area contributed by atoms with Crippen LogP contribution < -0.4 is 24.8 Å². The Labute approximate surface area is 145 Å². The molecule has 0 heterocycles. The quantitative estimate of drug-likeness (QED) is 0.720. The van der Waals surface area contributed by atoms with E-state index in [1.165, 1.54) is 13.2 Å². The number of benzene rings is 2. The van der Waals surface area contributed by atoms with Crippen LogP contribution >= 0.6 is 0 Å². The van der Waals surface area contributed by atoms with Crippen LogP contribution in [0.1, 0.15) is 5.56 Å². The van der Waals surface area contributed by atoms with Crippen LogP contribution in [0.5, 0.6) is 17.2 Å². The number of nitrogens with one attached hydrogen (secondary N) is 2. The number of amides is 2. The number of rotatable bonds is 8. The molecule has 0 atom stereocenters. The molecular formula is C18H21FN2O4. The first-order valence-electron chi connectivity index (χ1n) is 7.74. The van der Waals surface area contributed by atoms with Crippen LogP contribution in [0.2, 0.25) is 0 Å². The Balaban J connectivity index is 1.74. The van der Waals surface area contributed by atoms with Crippen molar-refractivity contribution in [1.29, 1.82) is 0 Å². The molecule has 0 aliphatic heterocycles. The highest BCUT2D eigenvalue weighted by Gasteiger charge is 2.10. The van der Waals surface area contributed by atoms with E-state index < -0.39 is 6.03 Å². The minimum Gasteiger partial charge on any atom is -0.493 e. The Morgan fingerprint density at radius 3 is 2.48 bits per heavy atom. The molecule has 2 amide bonds. The molecule has 25 heavy (non-hydrogen) atoms. The van der Waals surface area contributed by atoms with Crippen molar-refractivity contribution in [3.05, 3.63) is 53.8 Å². The summed E-state index contributed by atoms with van der Waals surface area (Å²) >= 11 is 0. The van der Waals surface area contributed by atoms with Gasteiger partial charge in [-0.1, -0.05) is 24.3 Å². The van der Waals surface area contributed by atoms with Gasteiger partial charge in [-0.2, -0.15) is 0 Å². The maximum absolute atomic E-state index is 13.5. The second-order valence-corrected chi connectivity index (χ2v) is 5.04. The highest BCUT2D eigenvalue weighted by atomic mass is 19.1. The number of carbonyl (C=O) groups excluding carboxylic acids is 1. The van der Waals surface area contributed by atoms with Gasteiger partial charge in [-0.25, -0.2) is 9.18 Å².